The third kappa shape index (κ3) is 5.55. The fourth-order valence-corrected chi connectivity index (χ4v) is 3.85. The summed E-state index contributed by atoms with van der Waals surface area (Å²) in [7, 11) is 0. The Morgan fingerprint density at radius 3 is 2.53 bits per heavy atom. The highest BCUT2D eigenvalue weighted by molar-refractivity contribution is 6.03. The predicted octanol–water partition coefficient (Wildman–Crippen LogP) is 3.03. The molecular formula is C24H27F2N3O3. The lowest BCUT2D eigenvalue weighted by atomic mass is 9.81. The fourth-order valence-electron chi connectivity index (χ4n) is 3.85. The van der Waals surface area contributed by atoms with Crippen molar-refractivity contribution >= 4 is 23.8 Å². The highest BCUT2D eigenvalue weighted by atomic mass is 19.1. The maximum Gasteiger partial charge on any atom is 0.242 e. The normalized spacial score (nSPS) is 22.8. The molecule has 6 nitrogen and oxygen atoms in total. The van der Waals surface area contributed by atoms with Crippen molar-refractivity contribution in [1.82, 2.24) is 10.6 Å². The van der Waals surface area contributed by atoms with Crippen molar-refractivity contribution in [2.24, 2.45) is 16.3 Å². The number of nitrogens with zero attached hydrogens (tertiary/aromatic N) is 1. The first kappa shape index (κ1) is 23.5. The van der Waals surface area contributed by atoms with Gasteiger partial charge in [-0.3, -0.25) is 19.4 Å². The van der Waals surface area contributed by atoms with Crippen molar-refractivity contribution in [2.45, 2.75) is 52.6 Å². The molecule has 3 atom stereocenters. The summed E-state index contributed by atoms with van der Waals surface area (Å²) >= 11 is 0. The van der Waals surface area contributed by atoms with Crippen LogP contribution >= 0.6 is 0 Å². The first-order valence-electron chi connectivity index (χ1n) is 10.5. The molecule has 1 aliphatic heterocycles. The molecule has 0 fully saturated rings. The minimum atomic E-state index is -0.913. The van der Waals surface area contributed by atoms with Crippen molar-refractivity contribution < 1.29 is 23.2 Å². The number of rotatable bonds is 5. The number of ketones is 1. The van der Waals surface area contributed by atoms with Crippen molar-refractivity contribution in [3.05, 3.63) is 58.8 Å². The van der Waals surface area contributed by atoms with Crippen molar-refractivity contribution in [1.29, 1.82) is 0 Å². The van der Waals surface area contributed by atoms with Crippen LogP contribution in [0.4, 0.5) is 8.78 Å². The summed E-state index contributed by atoms with van der Waals surface area (Å²) in [6.45, 7) is 7.24. The smallest absolute Gasteiger partial charge is 0.242 e. The summed E-state index contributed by atoms with van der Waals surface area (Å²) < 4.78 is 26.7. The first-order chi connectivity index (χ1) is 14.9. The molecule has 32 heavy (non-hydrogen) atoms. The Morgan fingerprint density at radius 2 is 1.88 bits per heavy atom. The van der Waals surface area contributed by atoms with E-state index in [4.69, 9.17) is 0 Å². The number of allylic oxidation sites excluding steroid dienone is 2. The van der Waals surface area contributed by atoms with Crippen LogP contribution in [-0.2, 0) is 20.8 Å². The number of aliphatic imine (C=N–C) groups is 1. The quantitative estimate of drug-likeness (QED) is 0.733. The molecule has 0 radical (unpaired) electrons. The van der Waals surface area contributed by atoms with Crippen LogP contribution in [0.3, 0.4) is 0 Å². The highest BCUT2D eigenvalue weighted by Gasteiger charge is 2.36. The van der Waals surface area contributed by atoms with E-state index in [1.807, 2.05) is 13.8 Å². The van der Waals surface area contributed by atoms with E-state index >= 15 is 0 Å². The van der Waals surface area contributed by atoms with E-state index in [1.165, 1.54) is 6.92 Å². The predicted molar refractivity (Wildman–Crippen MR) is 117 cm³/mol. The molecule has 1 aromatic rings. The Morgan fingerprint density at radius 1 is 1.22 bits per heavy atom. The topological polar surface area (TPSA) is 87.6 Å². The monoisotopic (exact) mass is 443 g/mol. The molecule has 0 saturated heterocycles. The molecule has 3 rings (SSSR count). The molecule has 0 saturated carbocycles. The summed E-state index contributed by atoms with van der Waals surface area (Å²) in [5, 5.41) is 5.43. The van der Waals surface area contributed by atoms with Gasteiger partial charge in [0.05, 0.1) is 18.2 Å². The number of carbonyl (C=O) groups is 3. The standard InChI is InChI=1S/C24H27F2N3O3/c1-13-5-6-18-21(22(13)31)19(11-24(3,4)12-27-18)29-23(32)14(2)28-20(30)9-15-7-16(25)10-17(26)8-15/h5-8,10,12-14,19H,9,11H2,1-4H3,(H,28,30)(H,29,32)/t13?,14-,19?/m0/s1. The summed E-state index contributed by atoms with van der Waals surface area (Å²) in [5.74, 6) is -2.97. The third-order valence-corrected chi connectivity index (χ3v) is 5.50. The molecular weight excluding hydrogens is 416 g/mol. The van der Waals surface area contributed by atoms with Gasteiger partial charge in [-0.1, -0.05) is 26.8 Å². The Bertz CT molecular complexity index is 1020. The number of benzene rings is 1. The van der Waals surface area contributed by atoms with Crippen LogP contribution in [0.5, 0.6) is 0 Å². The van der Waals surface area contributed by atoms with Gasteiger partial charge in [0.15, 0.2) is 5.78 Å². The molecule has 2 amide bonds. The first-order valence-corrected chi connectivity index (χ1v) is 10.5. The number of nitrogens with one attached hydrogen (secondary N) is 2. The Kier molecular flexibility index (Phi) is 6.71. The number of halogens is 2. The zero-order valence-corrected chi connectivity index (χ0v) is 18.5. The van der Waals surface area contributed by atoms with E-state index in [-0.39, 0.29) is 29.1 Å². The summed E-state index contributed by atoms with van der Waals surface area (Å²) in [6, 6.07) is 1.38. The van der Waals surface area contributed by atoms with Gasteiger partial charge in [0.1, 0.15) is 17.7 Å². The van der Waals surface area contributed by atoms with Crippen LogP contribution in [0.25, 0.3) is 0 Å². The summed E-state index contributed by atoms with van der Waals surface area (Å²) in [4.78, 5) is 42.5. The van der Waals surface area contributed by atoms with E-state index < -0.39 is 35.5 Å². The van der Waals surface area contributed by atoms with Gasteiger partial charge in [-0.05, 0) is 37.1 Å². The highest BCUT2D eigenvalue weighted by Crippen LogP contribution is 2.33. The maximum atomic E-state index is 13.3. The van der Waals surface area contributed by atoms with E-state index in [0.717, 1.165) is 18.2 Å². The van der Waals surface area contributed by atoms with Crippen LogP contribution in [0.2, 0.25) is 0 Å². The number of amides is 2. The lowest BCUT2D eigenvalue weighted by Crippen LogP contribution is -2.50. The Balaban J connectivity index is 1.70. The lowest BCUT2D eigenvalue weighted by molar-refractivity contribution is -0.128. The molecule has 1 aromatic carbocycles. The molecule has 1 aliphatic carbocycles. The van der Waals surface area contributed by atoms with Crippen LogP contribution in [0.1, 0.15) is 39.7 Å². The minimum Gasteiger partial charge on any atom is -0.347 e. The third-order valence-electron chi connectivity index (χ3n) is 5.50. The molecule has 1 heterocycles. The summed E-state index contributed by atoms with van der Waals surface area (Å²) in [5.41, 5.74) is 0.803. The van der Waals surface area contributed by atoms with Crippen LogP contribution in [0, 0.1) is 23.0 Å². The second-order valence-electron chi connectivity index (χ2n) is 9.07. The lowest BCUT2D eigenvalue weighted by Gasteiger charge is -2.29. The van der Waals surface area contributed by atoms with Crippen molar-refractivity contribution in [3.63, 3.8) is 0 Å². The minimum absolute atomic E-state index is 0.0903. The molecule has 170 valence electrons. The molecule has 8 heteroatoms. The number of carbonyl (C=O) groups excluding carboxylic acids is 3. The largest absolute Gasteiger partial charge is 0.347 e. The average Bonchev–Trinajstić information content (AvgIpc) is 2.79. The zero-order chi connectivity index (χ0) is 23.6. The van der Waals surface area contributed by atoms with E-state index in [9.17, 15) is 23.2 Å². The van der Waals surface area contributed by atoms with Gasteiger partial charge in [0.25, 0.3) is 0 Å². The van der Waals surface area contributed by atoms with Gasteiger partial charge in [0.2, 0.25) is 11.8 Å². The van der Waals surface area contributed by atoms with Crippen molar-refractivity contribution in [2.75, 3.05) is 0 Å². The second-order valence-corrected chi connectivity index (χ2v) is 9.07. The van der Waals surface area contributed by atoms with Crippen molar-refractivity contribution in [3.8, 4) is 0 Å². The van der Waals surface area contributed by atoms with E-state index in [0.29, 0.717) is 17.7 Å². The Hall–Kier alpha value is -3.16. The van der Waals surface area contributed by atoms with Crippen LogP contribution in [-0.4, -0.2) is 35.9 Å². The molecule has 0 spiro atoms. The number of Topliss-reactive ketones (excluding diaryl/α,β-unsaturated/α-hetero) is 1. The molecule has 2 aliphatic rings. The van der Waals surface area contributed by atoms with Gasteiger partial charge in [-0.15, -0.1) is 0 Å². The van der Waals surface area contributed by atoms with E-state index in [1.54, 1.807) is 25.3 Å². The zero-order valence-electron chi connectivity index (χ0n) is 18.5. The molecule has 2 N–H and O–H groups in total. The van der Waals surface area contributed by atoms with E-state index in [2.05, 4.69) is 15.6 Å². The Labute approximate surface area is 185 Å². The fraction of sp³-hybridized carbons (Fsp3) is 0.417. The van der Waals surface area contributed by atoms with Crippen LogP contribution < -0.4 is 10.6 Å². The second kappa shape index (κ2) is 9.14. The van der Waals surface area contributed by atoms with Gasteiger partial charge in [-0.25, -0.2) is 8.78 Å². The SMILES string of the molecule is CC1C=CC2=C(C1=O)C(NC(=O)[C@H](C)NC(=O)Cc1cc(F)cc(F)c1)CC(C)(C)C=N2. The van der Waals surface area contributed by atoms with Gasteiger partial charge in [0, 0.05) is 29.2 Å². The molecule has 2 unspecified atom stereocenters. The maximum absolute atomic E-state index is 13.3. The molecule has 0 bridgehead atoms. The number of hydrogen-bond acceptors (Lipinski definition) is 4. The average molecular weight is 443 g/mol. The van der Waals surface area contributed by atoms with Crippen LogP contribution in [0.15, 0.2) is 46.6 Å². The molecule has 0 aromatic heterocycles. The van der Waals surface area contributed by atoms with Gasteiger partial charge in [-0.2, -0.15) is 0 Å². The van der Waals surface area contributed by atoms with Gasteiger partial charge >= 0.3 is 0 Å². The summed E-state index contributed by atoms with van der Waals surface area (Å²) in [6.07, 6.45) is 5.56. The van der Waals surface area contributed by atoms with Gasteiger partial charge < -0.3 is 10.6 Å². The number of hydrogen-bond donors (Lipinski definition) is 2.